The number of benzene rings is 2. The largest absolute Gasteiger partial charge is 0.383 e. The summed E-state index contributed by atoms with van der Waals surface area (Å²) in [6, 6.07) is 12.6. The molecule has 2 aromatic carbocycles. The van der Waals surface area contributed by atoms with Crippen molar-refractivity contribution in [2.45, 2.75) is 32.1 Å². The second-order valence-corrected chi connectivity index (χ2v) is 6.56. The molecule has 3 heteroatoms. The van der Waals surface area contributed by atoms with E-state index in [9.17, 15) is 0 Å². The topological polar surface area (TPSA) is 12.0 Å². The van der Waals surface area contributed by atoms with Crippen LogP contribution in [-0.2, 0) is 6.42 Å². The zero-order valence-electron chi connectivity index (χ0n) is 12.1. The highest BCUT2D eigenvalue weighted by molar-refractivity contribution is 6.35. The van der Waals surface area contributed by atoms with Crippen LogP contribution in [0.3, 0.4) is 0 Å². The number of fused-ring (bicyclic) bond motifs is 1. The van der Waals surface area contributed by atoms with Gasteiger partial charge in [-0.15, -0.1) is 0 Å². The Hall–Kier alpha value is -1.18. The van der Waals surface area contributed by atoms with E-state index in [0.717, 1.165) is 27.8 Å². The first-order valence-electron chi connectivity index (χ1n) is 7.42. The lowest BCUT2D eigenvalue weighted by Crippen LogP contribution is -2.18. The van der Waals surface area contributed by atoms with E-state index in [2.05, 4.69) is 29.6 Å². The zero-order chi connectivity index (χ0) is 14.8. The second kappa shape index (κ2) is 6.29. The Morgan fingerprint density at radius 3 is 2.81 bits per heavy atom. The standard InChI is InChI=1S/C18H19Cl2N/c1-12-9-17(20)18(10-16(12)19)21-11-14-7-4-6-13-5-2-3-8-15(13)14/h2-3,5,8-10,14,21H,4,6-7,11H2,1H3. The lowest BCUT2D eigenvalue weighted by Gasteiger charge is -2.26. The number of hydrogen-bond donors (Lipinski definition) is 1. The Kier molecular flexibility index (Phi) is 4.42. The fourth-order valence-corrected chi connectivity index (χ4v) is 3.53. The summed E-state index contributed by atoms with van der Waals surface area (Å²) in [5.74, 6) is 0.547. The third kappa shape index (κ3) is 3.20. The molecule has 0 saturated carbocycles. The van der Waals surface area contributed by atoms with Gasteiger partial charge in [0.1, 0.15) is 0 Å². The van der Waals surface area contributed by atoms with Gasteiger partial charge in [-0.3, -0.25) is 0 Å². The van der Waals surface area contributed by atoms with Gasteiger partial charge in [-0.25, -0.2) is 0 Å². The molecule has 0 aromatic heterocycles. The quantitative estimate of drug-likeness (QED) is 0.750. The van der Waals surface area contributed by atoms with Crippen LogP contribution in [0.25, 0.3) is 0 Å². The first kappa shape index (κ1) is 14.7. The van der Waals surface area contributed by atoms with Crippen molar-refractivity contribution < 1.29 is 0 Å². The molecule has 1 aliphatic rings. The Morgan fingerprint density at radius 1 is 1.14 bits per heavy atom. The summed E-state index contributed by atoms with van der Waals surface area (Å²) < 4.78 is 0. The van der Waals surface area contributed by atoms with Gasteiger partial charge in [0.15, 0.2) is 0 Å². The van der Waals surface area contributed by atoms with Crippen molar-refractivity contribution in [3.05, 3.63) is 63.1 Å². The minimum atomic E-state index is 0.547. The van der Waals surface area contributed by atoms with E-state index in [1.165, 1.54) is 30.4 Å². The van der Waals surface area contributed by atoms with Crippen molar-refractivity contribution in [1.82, 2.24) is 0 Å². The maximum absolute atomic E-state index is 6.30. The van der Waals surface area contributed by atoms with Crippen LogP contribution in [0.4, 0.5) is 5.69 Å². The predicted molar refractivity (Wildman–Crippen MR) is 91.8 cm³/mol. The first-order valence-corrected chi connectivity index (χ1v) is 8.18. The summed E-state index contributed by atoms with van der Waals surface area (Å²) >= 11 is 12.5. The summed E-state index contributed by atoms with van der Waals surface area (Å²) in [4.78, 5) is 0. The molecule has 1 N–H and O–H groups in total. The SMILES string of the molecule is Cc1cc(Cl)c(NCC2CCCc3ccccc32)cc1Cl. The fraction of sp³-hybridized carbons (Fsp3) is 0.333. The van der Waals surface area contributed by atoms with E-state index < -0.39 is 0 Å². The van der Waals surface area contributed by atoms with Gasteiger partial charge in [0.2, 0.25) is 0 Å². The normalized spacial score (nSPS) is 17.4. The Balaban J connectivity index is 1.76. The molecular formula is C18H19Cl2N. The minimum absolute atomic E-state index is 0.547. The lowest BCUT2D eigenvalue weighted by atomic mass is 9.83. The van der Waals surface area contributed by atoms with E-state index >= 15 is 0 Å². The number of nitrogens with one attached hydrogen (secondary N) is 1. The van der Waals surface area contributed by atoms with Gasteiger partial charge in [0.25, 0.3) is 0 Å². The summed E-state index contributed by atoms with van der Waals surface area (Å²) in [6.07, 6.45) is 3.68. The monoisotopic (exact) mass is 319 g/mol. The average Bonchev–Trinajstić information content (AvgIpc) is 2.49. The fourth-order valence-electron chi connectivity index (χ4n) is 3.08. The Labute approximate surface area is 136 Å². The maximum Gasteiger partial charge on any atom is 0.0641 e. The van der Waals surface area contributed by atoms with Crippen LogP contribution in [-0.4, -0.2) is 6.54 Å². The number of rotatable bonds is 3. The third-order valence-corrected chi connectivity index (χ3v) is 5.00. The molecule has 21 heavy (non-hydrogen) atoms. The van der Waals surface area contributed by atoms with Gasteiger partial charge in [0.05, 0.1) is 10.7 Å². The smallest absolute Gasteiger partial charge is 0.0641 e. The van der Waals surface area contributed by atoms with Crippen molar-refractivity contribution in [2.75, 3.05) is 11.9 Å². The van der Waals surface area contributed by atoms with Crippen molar-refractivity contribution >= 4 is 28.9 Å². The Bertz CT molecular complexity index is 652. The zero-order valence-corrected chi connectivity index (χ0v) is 13.6. The van der Waals surface area contributed by atoms with Crippen molar-refractivity contribution in [1.29, 1.82) is 0 Å². The Morgan fingerprint density at radius 2 is 1.95 bits per heavy atom. The van der Waals surface area contributed by atoms with Crippen LogP contribution in [0.1, 0.15) is 35.4 Å². The molecule has 0 bridgehead atoms. The molecule has 0 aliphatic heterocycles. The van der Waals surface area contributed by atoms with Crippen LogP contribution in [0.15, 0.2) is 36.4 Å². The molecule has 1 nitrogen and oxygen atoms in total. The maximum atomic E-state index is 6.30. The van der Waals surface area contributed by atoms with Gasteiger partial charge >= 0.3 is 0 Å². The van der Waals surface area contributed by atoms with Crippen LogP contribution in [0, 0.1) is 6.92 Å². The highest BCUT2D eigenvalue weighted by Gasteiger charge is 2.19. The van der Waals surface area contributed by atoms with Gasteiger partial charge in [-0.2, -0.15) is 0 Å². The molecule has 0 spiro atoms. The van der Waals surface area contributed by atoms with Gasteiger partial charge in [-0.1, -0.05) is 47.5 Å². The van der Waals surface area contributed by atoms with Crippen LogP contribution in [0.5, 0.6) is 0 Å². The number of aryl methyl sites for hydroxylation is 2. The highest BCUT2D eigenvalue weighted by atomic mass is 35.5. The van der Waals surface area contributed by atoms with E-state index in [-0.39, 0.29) is 0 Å². The van der Waals surface area contributed by atoms with Crippen molar-refractivity contribution in [2.24, 2.45) is 0 Å². The molecule has 0 radical (unpaired) electrons. The molecular weight excluding hydrogens is 301 g/mol. The van der Waals surface area contributed by atoms with Crippen LogP contribution in [0.2, 0.25) is 10.0 Å². The molecule has 0 fully saturated rings. The average molecular weight is 320 g/mol. The summed E-state index contributed by atoms with van der Waals surface area (Å²) in [7, 11) is 0. The molecule has 0 amide bonds. The molecule has 0 heterocycles. The highest BCUT2D eigenvalue weighted by Crippen LogP contribution is 2.33. The first-order chi connectivity index (χ1) is 10.1. The van der Waals surface area contributed by atoms with Crippen molar-refractivity contribution in [3.63, 3.8) is 0 Å². The second-order valence-electron chi connectivity index (χ2n) is 5.75. The summed E-state index contributed by atoms with van der Waals surface area (Å²) in [6.45, 7) is 2.87. The number of anilines is 1. The minimum Gasteiger partial charge on any atom is -0.383 e. The molecule has 0 saturated heterocycles. The summed E-state index contributed by atoms with van der Waals surface area (Å²) in [5.41, 5.74) is 4.90. The predicted octanol–water partition coefficient (Wildman–Crippen LogP) is 5.83. The van der Waals surface area contributed by atoms with Crippen molar-refractivity contribution in [3.8, 4) is 0 Å². The van der Waals surface area contributed by atoms with E-state index in [1.54, 1.807) is 0 Å². The number of hydrogen-bond acceptors (Lipinski definition) is 1. The van der Waals surface area contributed by atoms with Crippen LogP contribution < -0.4 is 5.32 Å². The third-order valence-electron chi connectivity index (χ3n) is 4.28. The van der Waals surface area contributed by atoms with E-state index in [0.29, 0.717) is 5.92 Å². The molecule has 3 rings (SSSR count). The molecule has 1 unspecified atom stereocenters. The van der Waals surface area contributed by atoms with Gasteiger partial charge < -0.3 is 5.32 Å². The van der Waals surface area contributed by atoms with Crippen LogP contribution >= 0.6 is 23.2 Å². The molecule has 2 aromatic rings. The summed E-state index contributed by atoms with van der Waals surface area (Å²) in [5, 5.41) is 4.97. The van der Waals surface area contributed by atoms with E-state index in [4.69, 9.17) is 23.2 Å². The van der Waals surface area contributed by atoms with Gasteiger partial charge in [-0.05, 0) is 55.0 Å². The molecule has 1 atom stereocenters. The van der Waals surface area contributed by atoms with Gasteiger partial charge in [0, 0.05) is 17.5 Å². The molecule has 1 aliphatic carbocycles. The van der Waals surface area contributed by atoms with E-state index in [1.807, 2.05) is 19.1 Å². The number of halogens is 2. The lowest BCUT2D eigenvalue weighted by molar-refractivity contribution is 0.572. The molecule has 110 valence electrons.